The van der Waals surface area contributed by atoms with Gasteiger partial charge in [-0.15, -0.1) is 0 Å². The minimum Gasteiger partial charge on any atom is -0.490 e. The van der Waals surface area contributed by atoms with Crippen molar-refractivity contribution in [1.29, 1.82) is 0 Å². The molecule has 10 atom stereocenters. The van der Waals surface area contributed by atoms with E-state index in [-0.39, 0.29) is 33.6 Å². The molecule has 14 nitrogen and oxygen atoms in total. The summed E-state index contributed by atoms with van der Waals surface area (Å²) in [5.74, 6) is -0.0569. The Morgan fingerprint density at radius 1 is 0.780 bits per heavy atom. The van der Waals surface area contributed by atoms with Crippen molar-refractivity contribution < 1.29 is 63.5 Å². The second-order valence-electron chi connectivity index (χ2n) is 9.89. The molecule has 10 unspecified atom stereocenters. The summed E-state index contributed by atoms with van der Waals surface area (Å²) in [6.07, 6.45) is -14.8. The Labute approximate surface area is 232 Å². The fourth-order valence-electron chi connectivity index (χ4n) is 4.95. The Bertz CT molecular complexity index is 1440. The maximum Gasteiger partial charge on any atom is 0.229 e. The van der Waals surface area contributed by atoms with Crippen molar-refractivity contribution in [2.24, 2.45) is 0 Å². The number of hydrogen-bond acceptors (Lipinski definition) is 14. The molecular weight excluding hydrogens is 548 g/mol. The molecule has 224 valence electrons. The SMILES string of the molecule is COc1c(OC2OC(COC3OC(C)C(O)C(O)C3O)C(O)C(O)C2O)cc2c(=O)c3ccccc3oc2c1OC. The van der Waals surface area contributed by atoms with Gasteiger partial charge in [0, 0.05) is 0 Å². The Morgan fingerprint density at radius 3 is 2.15 bits per heavy atom. The number of fused-ring (bicyclic) bond motifs is 2. The van der Waals surface area contributed by atoms with Crippen molar-refractivity contribution in [1.82, 2.24) is 0 Å². The van der Waals surface area contributed by atoms with Crippen molar-refractivity contribution in [3.05, 3.63) is 40.6 Å². The molecule has 0 aliphatic carbocycles. The highest BCUT2D eigenvalue weighted by Crippen LogP contribution is 2.44. The lowest BCUT2D eigenvalue weighted by molar-refractivity contribution is -0.318. The molecule has 6 N–H and O–H groups in total. The second kappa shape index (κ2) is 11.7. The molecular formula is C27H32O14. The fourth-order valence-corrected chi connectivity index (χ4v) is 4.95. The first-order valence-corrected chi connectivity index (χ1v) is 12.9. The third kappa shape index (κ3) is 5.22. The van der Waals surface area contributed by atoms with E-state index < -0.39 is 68.0 Å². The van der Waals surface area contributed by atoms with Crippen LogP contribution in [0.4, 0.5) is 0 Å². The van der Waals surface area contributed by atoms with Gasteiger partial charge in [-0.2, -0.15) is 0 Å². The van der Waals surface area contributed by atoms with Crippen LogP contribution in [0, 0.1) is 0 Å². The van der Waals surface area contributed by atoms with E-state index in [9.17, 15) is 35.4 Å². The van der Waals surface area contributed by atoms with Crippen molar-refractivity contribution in [3.8, 4) is 17.2 Å². The summed E-state index contributed by atoms with van der Waals surface area (Å²) < 4.78 is 39.4. The van der Waals surface area contributed by atoms with Crippen molar-refractivity contribution in [2.45, 2.75) is 68.3 Å². The number of para-hydroxylation sites is 1. The summed E-state index contributed by atoms with van der Waals surface area (Å²) in [7, 11) is 2.67. The second-order valence-corrected chi connectivity index (χ2v) is 9.89. The molecule has 2 saturated heterocycles. The van der Waals surface area contributed by atoms with E-state index in [1.807, 2.05) is 0 Å². The molecule has 0 amide bonds. The summed E-state index contributed by atoms with van der Waals surface area (Å²) in [6.45, 7) is 0.997. The van der Waals surface area contributed by atoms with E-state index in [2.05, 4.69) is 0 Å². The van der Waals surface area contributed by atoms with Gasteiger partial charge < -0.3 is 63.5 Å². The first-order valence-electron chi connectivity index (χ1n) is 12.9. The zero-order valence-corrected chi connectivity index (χ0v) is 22.3. The highest BCUT2D eigenvalue weighted by molar-refractivity contribution is 5.95. The quantitative estimate of drug-likeness (QED) is 0.185. The zero-order chi connectivity index (χ0) is 29.6. The van der Waals surface area contributed by atoms with Gasteiger partial charge in [-0.05, 0) is 25.1 Å². The van der Waals surface area contributed by atoms with Gasteiger partial charge in [0.25, 0.3) is 0 Å². The minimum absolute atomic E-state index is 0.00269. The number of methoxy groups -OCH3 is 2. The summed E-state index contributed by atoms with van der Waals surface area (Å²) in [5.41, 5.74) is 0.0420. The Morgan fingerprint density at radius 2 is 1.44 bits per heavy atom. The van der Waals surface area contributed by atoms with E-state index in [0.29, 0.717) is 11.0 Å². The van der Waals surface area contributed by atoms with Gasteiger partial charge in [0.05, 0.1) is 37.7 Å². The molecule has 0 radical (unpaired) electrons. The van der Waals surface area contributed by atoms with E-state index in [0.717, 1.165) is 0 Å². The van der Waals surface area contributed by atoms with Crippen molar-refractivity contribution in [2.75, 3.05) is 20.8 Å². The molecule has 0 bridgehead atoms. The average molecular weight is 581 g/mol. The van der Waals surface area contributed by atoms with E-state index in [4.69, 9.17) is 32.8 Å². The molecule has 5 rings (SSSR count). The number of benzene rings is 2. The Kier molecular flexibility index (Phi) is 8.39. The van der Waals surface area contributed by atoms with E-state index >= 15 is 0 Å². The molecule has 2 aromatic carbocycles. The highest BCUT2D eigenvalue weighted by Gasteiger charge is 2.47. The fraction of sp³-hybridized carbons (Fsp3) is 0.519. The third-order valence-corrected chi connectivity index (χ3v) is 7.30. The van der Waals surface area contributed by atoms with Gasteiger partial charge in [-0.1, -0.05) is 12.1 Å². The van der Waals surface area contributed by atoms with Crippen molar-refractivity contribution >= 4 is 21.9 Å². The number of aliphatic hydroxyl groups is 6. The lowest BCUT2D eigenvalue weighted by Gasteiger charge is -2.42. The predicted molar refractivity (Wildman–Crippen MR) is 139 cm³/mol. The van der Waals surface area contributed by atoms with E-state index in [1.54, 1.807) is 24.3 Å². The Balaban J connectivity index is 1.43. The van der Waals surface area contributed by atoms with Crippen LogP contribution in [0.15, 0.2) is 39.5 Å². The van der Waals surface area contributed by atoms with Crippen molar-refractivity contribution in [3.63, 3.8) is 0 Å². The maximum absolute atomic E-state index is 13.3. The number of hydrogen-bond donors (Lipinski definition) is 6. The largest absolute Gasteiger partial charge is 0.490 e. The maximum atomic E-state index is 13.3. The zero-order valence-electron chi connectivity index (χ0n) is 22.3. The molecule has 2 aliphatic rings. The summed E-state index contributed by atoms with van der Waals surface area (Å²) in [6, 6.07) is 7.96. The van der Waals surface area contributed by atoms with Crippen LogP contribution in [-0.2, 0) is 14.2 Å². The molecule has 14 heteroatoms. The lowest BCUT2D eigenvalue weighted by Crippen LogP contribution is -2.61. The van der Waals surface area contributed by atoms with Crippen LogP contribution >= 0.6 is 0 Å². The van der Waals surface area contributed by atoms with Gasteiger partial charge in [0.1, 0.15) is 48.3 Å². The topological polar surface area (TPSA) is 207 Å². The average Bonchev–Trinajstić information content (AvgIpc) is 2.97. The lowest BCUT2D eigenvalue weighted by atomic mass is 9.98. The molecule has 1 aromatic heterocycles. The van der Waals surface area contributed by atoms with Gasteiger partial charge in [-0.25, -0.2) is 0 Å². The van der Waals surface area contributed by atoms with Crippen LogP contribution in [0.3, 0.4) is 0 Å². The molecule has 2 fully saturated rings. The normalized spacial score (nSPS) is 34.1. The first-order chi connectivity index (χ1) is 19.6. The van der Waals surface area contributed by atoms with Crippen LogP contribution in [0.2, 0.25) is 0 Å². The molecule has 0 saturated carbocycles. The van der Waals surface area contributed by atoms with Gasteiger partial charge >= 0.3 is 0 Å². The third-order valence-electron chi connectivity index (χ3n) is 7.30. The number of rotatable bonds is 7. The standard InChI is InChI=1S/C27H32O14/c1-10-16(28)19(31)21(33)26(38-10)37-9-15-18(30)20(32)22(34)27(41-15)40-14-8-12-17(29)11-6-4-5-7-13(11)39-23(12)25(36-3)24(14)35-2/h4-8,10,15-16,18-22,26-28,30-34H,9H2,1-3H3. The van der Waals surface area contributed by atoms with Crippen LogP contribution < -0.4 is 19.6 Å². The van der Waals surface area contributed by atoms with Crippen LogP contribution in [0.1, 0.15) is 6.92 Å². The summed E-state index contributed by atoms with van der Waals surface area (Å²) in [5, 5.41) is 62.2. The number of aliphatic hydroxyl groups excluding tert-OH is 6. The predicted octanol–water partition coefficient (Wildman–Crippen LogP) is -1.01. The van der Waals surface area contributed by atoms with Gasteiger partial charge in [-0.3, -0.25) is 4.79 Å². The van der Waals surface area contributed by atoms with Crippen LogP contribution in [0.25, 0.3) is 21.9 Å². The number of ether oxygens (including phenoxy) is 6. The van der Waals surface area contributed by atoms with Crippen LogP contribution in [0.5, 0.6) is 17.2 Å². The van der Waals surface area contributed by atoms with Gasteiger partial charge in [0.2, 0.25) is 23.2 Å². The first kappa shape index (κ1) is 29.4. The smallest absolute Gasteiger partial charge is 0.229 e. The highest BCUT2D eigenvalue weighted by atomic mass is 16.7. The molecule has 2 aliphatic heterocycles. The van der Waals surface area contributed by atoms with Gasteiger partial charge in [0.15, 0.2) is 17.6 Å². The molecule has 0 spiro atoms. The van der Waals surface area contributed by atoms with E-state index in [1.165, 1.54) is 27.2 Å². The Hall–Kier alpha value is -3.05. The monoisotopic (exact) mass is 580 g/mol. The van der Waals surface area contributed by atoms with Crippen LogP contribution in [-0.4, -0.2) is 113 Å². The molecule has 41 heavy (non-hydrogen) atoms. The summed E-state index contributed by atoms with van der Waals surface area (Å²) in [4.78, 5) is 13.3. The summed E-state index contributed by atoms with van der Waals surface area (Å²) >= 11 is 0. The minimum atomic E-state index is -1.76. The molecule has 3 heterocycles. The molecule has 3 aromatic rings.